The largest absolute Gasteiger partial charge is 0.365 e. The van der Waals surface area contributed by atoms with E-state index in [4.69, 9.17) is 16.3 Å². The maximum atomic E-state index is 12.5. The second-order valence-corrected chi connectivity index (χ2v) is 7.35. The van der Waals surface area contributed by atoms with E-state index in [9.17, 15) is 4.79 Å². The summed E-state index contributed by atoms with van der Waals surface area (Å²) in [6.45, 7) is 3.41. The first-order valence-electron chi connectivity index (χ1n) is 9.23. The monoisotopic (exact) mass is 396 g/mol. The summed E-state index contributed by atoms with van der Waals surface area (Å²) in [6, 6.07) is 15.8. The summed E-state index contributed by atoms with van der Waals surface area (Å²) in [7, 11) is 0. The van der Waals surface area contributed by atoms with Gasteiger partial charge in [0.1, 0.15) is 6.10 Å². The molecule has 6 nitrogen and oxygen atoms in total. The number of amides is 1. The molecule has 2 aromatic carbocycles. The first-order chi connectivity index (χ1) is 13.6. The average molecular weight is 397 g/mol. The molecule has 4 rings (SSSR count). The van der Waals surface area contributed by atoms with Crippen LogP contribution in [-0.2, 0) is 24.3 Å². The Kier molecular flexibility index (Phi) is 5.41. The van der Waals surface area contributed by atoms with Gasteiger partial charge in [0.05, 0.1) is 18.8 Å². The molecule has 144 valence electrons. The molecule has 1 aliphatic heterocycles. The van der Waals surface area contributed by atoms with E-state index in [0.717, 1.165) is 12.0 Å². The van der Waals surface area contributed by atoms with Gasteiger partial charge in [-0.1, -0.05) is 58.8 Å². The molecule has 3 aromatic rings. The van der Waals surface area contributed by atoms with Crippen molar-refractivity contribution in [2.24, 2.45) is 0 Å². The maximum absolute atomic E-state index is 12.5. The third-order valence-electron chi connectivity index (χ3n) is 4.87. The van der Waals surface area contributed by atoms with Crippen molar-refractivity contribution in [2.75, 3.05) is 6.54 Å². The van der Waals surface area contributed by atoms with Crippen molar-refractivity contribution in [1.29, 1.82) is 0 Å². The van der Waals surface area contributed by atoms with Gasteiger partial charge in [-0.05, 0) is 36.6 Å². The van der Waals surface area contributed by atoms with Crippen molar-refractivity contribution in [1.82, 2.24) is 20.3 Å². The molecule has 28 heavy (non-hydrogen) atoms. The first kappa shape index (κ1) is 18.7. The number of nitrogens with one attached hydrogen (secondary N) is 1. The van der Waals surface area contributed by atoms with Crippen LogP contribution in [0.5, 0.6) is 0 Å². The van der Waals surface area contributed by atoms with Crippen LogP contribution < -0.4 is 5.32 Å². The molecule has 7 heteroatoms. The molecule has 0 bridgehead atoms. The van der Waals surface area contributed by atoms with E-state index in [1.807, 2.05) is 24.3 Å². The fourth-order valence-corrected chi connectivity index (χ4v) is 3.35. The van der Waals surface area contributed by atoms with E-state index >= 15 is 0 Å². The normalized spacial score (nSPS) is 15.9. The van der Waals surface area contributed by atoms with Gasteiger partial charge in [0.2, 0.25) is 0 Å². The van der Waals surface area contributed by atoms with Crippen LogP contribution in [0.15, 0.2) is 48.5 Å². The van der Waals surface area contributed by atoms with Crippen molar-refractivity contribution in [2.45, 2.75) is 32.6 Å². The van der Waals surface area contributed by atoms with Crippen LogP contribution in [0.4, 0.5) is 0 Å². The van der Waals surface area contributed by atoms with Crippen LogP contribution in [-0.4, -0.2) is 27.4 Å². The van der Waals surface area contributed by atoms with Crippen molar-refractivity contribution >= 4 is 17.5 Å². The summed E-state index contributed by atoms with van der Waals surface area (Å²) in [4.78, 5) is 12.5. The molecular formula is C21H21ClN4O2. The van der Waals surface area contributed by atoms with Gasteiger partial charge in [0.15, 0.2) is 5.69 Å². The van der Waals surface area contributed by atoms with Gasteiger partial charge in [-0.3, -0.25) is 4.79 Å². The number of hydrogen-bond acceptors (Lipinski definition) is 4. The van der Waals surface area contributed by atoms with E-state index in [2.05, 4.69) is 46.8 Å². The molecule has 1 unspecified atom stereocenters. The topological polar surface area (TPSA) is 69.0 Å². The number of hydrogen-bond donors (Lipinski definition) is 1. The molecule has 1 atom stereocenters. The van der Waals surface area contributed by atoms with Gasteiger partial charge in [0, 0.05) is 11.6 Å². The van der Waals surface area contributed by atoms with E-state index in [1.54, 1.807) is 4.68 Å². The molecule has 0 saturated heterocycles. The molecule has 0 aliphatic carbocycles. The number of halogens is 1. The van der Waals surface area contributed by atoms with Gasteiger partial charge >= 0.3 is 0 Å². The number of aryl methyl sites for hydroxylation is 1. The number of ether oxygens (including phenoxy) is 1. The highest BCUT2D eigenvalue weighted by Crippen LogP contribution is 2.27. The Morgan fingerprint density at radius 2 is 1.96 bits per heavy atom. The zero-order valence-electron chi connectivity index (χ0n) is 15.6. The summed E-state index contributed by atoms with van der Waals surface area (Å²) in [5.74, 6) is -0.220. The number of benzene rings is 2. The standard InChI is InChI=1S/C21H21ClN4O2/c1-14-2-4-15(5-3-14)10-11-23-21(27)20-18-13-28-19(12-26(18)25-24-20)16-6-8-17(22)9-7-16/h2-9,19H,10-13H2,1H3,(H,23,27). The lowest BCUT2D eigenvalue weighted by molar-refractivity contribution is -0.00176. The number of carbonyl (C=O) groups excluding carboxylic acids is 1. The van der Waals surface area contributed by atoms with Crippen LogP contribution in [0.3, 0.4) is 0 Å². The Morgan fingerprint density at radius 1 is 1.21 bits per heavy atom. The van der Waals surface area contributed by atoms with Crippen molar-refractivity contribution in [3.05, 3.63) is 81.6 Å². The van der Waals surface area contributed by atoms with Gasteiger partial charge < -0.3 is 10.1 Å². The number of fused-ring (bicyclic) bond motifs is 1. The Hall–Kier alpha value is -2.70. The SMILES string of the molecule is Cc1ccc(CCNC(=O)c2nnn3c2COC(c2ccc(Cl)cc2)C3)cc1. The quantitative estimate of drug-likeness (QED) is 0.716. The molecule has 1 aliphatic rings. The van der Waals surface area contributed by atoms with Gasteiger partial charge in [-0.25, -0.2) is 4.68 Å². The zero-order chi connectivity index (χ0) is 19.5. The highest BCUT2D eigenvalue weighted by Gasteiger charge is 2.27. The summed E-state index contributed by atoms with van der Waals surface area (Å²) >= 11 is 5.94. The first-order valence-corrected chi connectivity index (χ1v) is 9.61. The van der Waals surface area contributed by atoms with Gasteiger partial charge in [0.25, 0.3) is 5.91 Å². The molecule has 1 amide bonds. The smallest absolute Gasteiger partial charge is 0.273 e. The van der Waals surface area contributed by atoms with Crippen molar-refractivity contribution in [3.8, 4) is 0 Å². The van der Waals surface area contributed by atoms with Crippen LogP contribution in [0.2, 0.25) is 5.02 Å². The second-order valence-electron chi connectivity index (χ2n) is 6.91. The van der Waals surface area contributed by atoms with Gasteiger partial charge in [-0.2, -0.15) is 0 Å². The highest BCUT2D eigenvalue weighted by molar-refractivity contribution is 6.30. The maximum Gasteiger partial charge on any atom is 0.273 e. The number of rotatable bonds is 5. The Bertz CT molecular complexity index is 967. The summed E-state index contributed by atoms with van der Waals surface area (Å²) < 4.78 is 7.69. The van der Waals surface area contributed by atoms with E-state index in [0.29, 0.717) is 36.1 Å². The third-order valence-corrected chi connectivity index (χ3v) is 5.13. The number of nitrogens with zero attached hydrogens (tertiary/aromatic N) is 3. The van der Waals surface area contributed by atoms with Crippen molar-refractivity contribution in [3.63, 3.8) is 0 Å². The van der Waals surface area contributed by atoms with Gasteiger partial charge in [-0.15, -0.1) is 5.10 Å². The summed E-state index contributed by atoms with van der Waals surface area (Å²) in [5.41, 5.74) is 4.47. The predicted octanol–water partition coefficient (Wildman–Crippen LogP) is 3.48. The molecule has 0 saturated carbocycles. The summed E-state index contributed by atoms with van der Waals surface area (Å²) in [6.07, 6.45) is 0.633. The lowest BCUT2D eigenvalue weighted by Gasteiger charge is -2.24. The number of carbonyl (C=O) groups is 1. The minimum absolute atomic E-state index is 0.135. The lowest BCUT2D eigenvalue weighted by atomic mass is 10.1. The molecule has 0 radical (unpaired) electrons. The van der Waals surface area contributed by atoms with E-state index < -0.39 is 0 Å². The third kappa shape index (κ3) is 4.08. The fraction of sp³-hybridized carbons (Fsp3) is 0.286. The zero-order valence-corrected chi connectivity index (χ0v) is 16.3. The average Bonchev–Trinajstić information content (AvgIpc) is 3.13. The molecule has 2 heterocycles. The van der Waals surface area contributed by atoms with Crippen LogP contribution in [0.25, 0.3) is 0 Å². The molecule has 0 spiro atoms. The molecule has 0 fully saturated rings. The second kappa shape index (κ2) is 8.12. The fourth-order valence-electron chi connectivity index (χ4n) is 3.23. The van der Waals surface area contributed by atoms with E-state index in [-0.39, 0.29) is 12.0 Å². The molecular weight excluding hydrogens is 376 g/mol. The van der Waals surface area contributed by atoms with Crippen LogP contribution >= 0.6 is 11.6 Å². The minimum atomic E-state index is -0.220. The van der Waals surface area contributed by atoms with Crippen LogP contribution in [0, 0.1) is 6.92 Å². The lowest BCUT2D eigenvalue weighted by Crippen LogP contribution is -2.29. The van der Waals surface area contributed by atoms with Crippen molar-refractivity contribution < 1.29 is 9.53 Å². The number of aromatic nitrogens is 3. The minimum Gasteiger partial charge on any atom is -0.365 e. The Morgan fingerprint density at radius 3 is 2.71 bits per heavy atom. The Labute approximate surface area is 168 Å². The summed E-state index contributed by atoms with van der Waals surface area (Å²) in [5, 5.41) is 11.8. The molecule has 1 N–H and O–H groups in total. The van der Waals surface area contributed by atoms with Crippen LogP contribution in [0.1, 0.15) is 39.0 Å². The molecule has 1 aromatic heterocycles. The predicted molar refractivity (Wildman–Crippen MR) is 106 cm³/mol. The Balaban J connectivity index is 1.37. The van der Waals surface area contributed by atoms with E-state index in [1.165, 1.54) is 11.1 Å². The highest BCUT2D eigenvalue weighted by atomic mass is 35.5.